The zero-order chi connectivity index (χ0) is 23.8. The normalized spacial score (nSPS) is 33.2. The van der Waals surface area contributed by atoms with Crippen LogP contribution in [0, 0.1) is 29.1 Å². The van der Waals surface area contributed by atoms with Crippen LogP contribution < -0.4 is 5.32 Å². The van der Waals surface area contributed by atoms with Crippen LogP contribution in [0.5, 0.6) is 0 Å². The van der Waals surface area contributed by atoms with Gasteiger partial charge in [-0.25, -0.2) is 4.79 Å². The van der Waals surface area contributed by atoms with E-state index < -0.39 is 0 Å². The van der Waals surface area contributed by atoms with Gasteiger partial charge in [-0.2, -0.15) is 0 Å². The van der Waals surface area contributed by atoms with Crippen LogP contribution in [-0.2, 0) is 11.3 Å². The quantitative estimate of drug-likeness (QED) is 0.697. The lowest BCUT2D eigenvalue weighted by Crippen LogP contribution is -2.59. The van der Waals surface area contributed by atoms with E-state index in [-0.39, 0.29) is 11.4 Å². The molecule has 0 radical (unpaired) electrons. The topological polar surface area (TPSA) is 55.9 Å². The van der Waals surface area contributed by atoms with E-state index in [0.717, 1.165) is 76.0 Å². The molecule has 1 aromatic carbocycles. The molecule has 6 aliphatic rings. The van der Waals surface area contributed by atoms with E-state index in [9.17, 15) is 9.59 Å². The Labute approximate surface area is 210 Å². The molecule has 0 aromatic heterocycles. The van der Waals surface area contributed by atoms with Crippen molar-refractivity contribution in [1.29, 1.82) is 0 Å². The van der Waals surface area contributed by atoms with Gasteiger partial charge in [0.15, 0.2) is 0 Å². The highest BCUT2D eigenvalue weighted by molar-refractivity contribution is 5.84. The van der Waals surface area contributed by atoms with Crippen molar-refractivity contribution in [3.8, 4) is 0 Å². The molecule has 0 unspecified atom stereocenters. The van der Waals surface area contributed by atoms with Gasteiger partial charge >= 0.3 is 6.03 Å². The minimum absolute atomic E-state index is 0.0543. The predicted molar refractivity (Wildman–Crippen MR) is 137 cm³/mol. The Balaban J connectivity index is 0.923. The number of piperazine rings is 1. The molecule has 2 aliphatic heterocycles. The molecule has 7 rings (SSSR count). The van der Waals surface area contributed by atoms with Crippen LogP contribution >= 0.6 is 0 Å². The van der Waals surface area contributed by atoms with E-state index in [0.29, 0.717) is 38.0 Å². The first kappa shape index (κ1) is 23.3. The number of carbonyl (C=O) groups is 2. The Hall–Kier alpha value is -2.08. The second-order valence-corrected chi connectivity index (χ2v) is 12.4. The lowest BCUT2D eigenvalue weighted by atomic mass is 9.49. The van der Waals surface area contributed by atoms with Crippen LogP contribution in [-0.4, -0.2) is 72.5 Å². The average Bonchev–Trinajstić information content (AvgIpc) is 2.87. The van der Waals surface area contributed by atoms with E-state index in [1.807, 2.05) is 4.90 Å². The van der Waals surface area contributed by atoms with E-state index in [1.54, 1.807) is 0 Å². The van der Waals surface area contributed by atoms with Crippen LogP contribution in [0.2, 0.25) is 0 Å². The molecule has 190 valence electrons. The van der Waals surface area contributed by atoms with Crippen molar-refractivity contribution >= 4 is 11.9 Å². The number of urea groups is 1. The first-order valence-corrected chi connectivity index (χ1v) is 14.1. The van der Waals surface area contributed by atoms with Gasteiger partial charge in [-0.1, -0.05) is 30.3 Å². The highest BCUT2D eigenvalue weighted by Gasteiger charge is 2.55. The van der Waals surface area contributed by atoms with Gasteiger partial charge in [-0.15, -0.1) is 0 Å². The van der Waals surface area contributed by atoms with Crippen molar-refractivity contribution in [2.75, 3.05) is 45.8 Å². The Morgan fingerprint density at radius 3 is 1.97 bits per heavy atom. The lowest BCUT2D eigenvalue weighted by molar-refractivity contribution is -0.159. The molecule has 4 saturated carbocycles. The number of carbonyl (C=O) groups excluding carboxylic acids is 2. The first-order valence-electron chi connectivity index (χ1n) is 14.1. The smallest absolute Gasteiger partial charge is 0.317 e. The number of rotatable bonds is 5. The van der Waals surface area contributed by atoms with E-state index in [2.05, 4.69) is 45.4 Å². The van der Waals surface area contributed by atoms with Gasteiger partial charge in [-0.3, -0.25) is 9.69 Å². The molecule has 6 nitrogen and oxygen atoms in total. The largest absolute Gasteiger partial charge is 0.339 e. The number of hydrogen-bond donors (Lipinski definition) is 1. The monoisotopic (exact) mass is 478 g/mol. The number of piperidine rings is 1. The molecule has 2 saturated heterocycles. The minimum Gasteiger partial charge on any atom is -0.339 e. The summed E-state index contributed by atoms with van der Waals surface area (Å²) in [5, 5.41) is 3.20. The van der Waals surface area contributed by atoms with E-state index in [1.165, 1.54) is 24.8 Å². The molecule has 6 fully saturated rings. The van der Waals surface area contributed by atoms with Gasteiger partial charge in [0.2, 0.25) is 5.91 Å². The van der Waals surface area contributed by atoms with Crippen molar-refractivity contribution in [3.05, 3.63) is 35.9 Å². The van der Waals surface area contributed by atoms with Crippen molar-refractivity contribution < 1.29 is 9.59 Å². The third kappa shape index (κ3) is 4.96. The number of nitrogens with one attached hydrogen (secondary N) is 1. The number of hydrogen-bond acceptors (Lipinski definition) is 3. The SMILES string of the molecule is O=C(NCC1CCN(Cc2ccccc2)CC1)N1CCN(C(=O)C23CC4CC(CC(C4)C2)C3)CC1. The van der Waals surface area contributed by atoms with Crippen molar-refractivity contribution in [2.24, 2.45) is 29.1 Å². The van der Waals surface area contributed by atoms with Gasteiger partial charge in [0.25, 0.3) is 0 Å². The fraction of sp³-hybridized carbons (Fsp3) is 0.724. The third-order valence-corrected chi connectivity index (χ3v) is 9.84. The molecule has 3 amide bonds. The molecular weight excluding hydrogens is 436 g/mol. The lowest BCUT2D eigenvalue weighted by Gasteiger charge is -2.57. The van der Waals surface area contributed by atoms with Crippen molar-refractivity contribution in [2.45, 2.75) is 57.9 Å². The number of benzene rings is 1. The van der Waals surface area contributed by atoms with Crippen LogP contribution in [0.4, 0.5) is 4.79 Å². The van der Waals surface area contributed by atoms with Gasteiger partial charge < -0.3 is 15.1 Å². The number of likely N-dealkylation sites (tertiary alicyclic amines) is 1. The predicted octanol–water partition coefficient (Wildman–Crippen LogP) is 3.97. The van der Waals surface area contributed by atoms with Gasteiger partial charge in [-0.05, 0) is 93.7 Å². The van der Waals surface area contributed by atoms with Crippen LogP contribution in [0.3, 0.4) is 0 Å². The summed E-state index contributed by atoms with van der Waals surface area (Å²) in [5.41, 5.74) is 1.31. The second kappa shape index (κ2) is 9.76. The van der Waals surface area contributed by atoms with E-state index in [4.69, 9.17) is 0 Å². The highest BCUT2D eigenvalue weighted by atomic mass is 16.2. The Morgan fingerprint density at radius 2 is 1.37 bits per heavy atom. The standard InChI is InChI=1S/C29H42N4O2/c34-27(29-17-24-14-25(18-29)16-26(15-24)19-29)32-10-12-33(13-11-32)28(35)30-20-22-6-8-31(9-7-22)21-23-4-2-1-3-5-23/h1-5,22,24-26H,6-21H2,(H,30,35). The molecule has 2 heterocycles. The summed E-state index contributed by atoms with van der Waals surface area (Å²) in [7, 11) is 0. The summed E-state index contributed by atoms with van der Waals surface area (Å²) in [4.78, 5) is 33.0. The molecule has 0 spiro atoms. The first-order chi connectivity index (χ1) is 17.1. The summed E-state index contributed by atoms with van der Waals surface area (Å²) in [5.74, 6) is 3.36. The maximum absolute atomic E-state index is 13.6. The van der Waals surface area contributed by atoms with E-state index >= 15 is 0 Å². The molecule has 1 N–H and O–H groups in total. The number of amides is 3. The fourth-order valence-electron chi connectivity index (χ4n) is 8.35. The summed E-state index contributed by atoms with van der Waals surface area (Å²) >= 11 is 0. The Bertz CT molecular complexity index is 867. The molecule has 0 atom stereocenters. The number of nitrogens with zero attached hydrogens (tertiary/aromatic N) is 3. The molecule has 4 bridgehead atoms. The van der Waals surface area contributed by atoms with Gasteiger partial charge in [0.05, 0.1) is 5.41 Å². The molecule has 1 aromatic rings. The van der Waals surface area contributed by atoms with Gasteiger partial charge in [0.1, 0.15) is 0 Å². The summed E-state index contributed by atoms with van der Waals surface area (Å²) in [6, 6.07) is 10.7. The zero-order valence-electron chi connectivity index (χ0n) is 21.2. The van der Waals surface area contributed by atoms with Crippen molar-refractivity contribution in [1.82, 2.24) is 20.0 Å². The van der Waals surface area contributed by atoms with Crippen molar-refractivity contribution in [3.63, 3.8) is 0 Å². The molecular formula is C29H42N4O2. The zero-order valence-corrected chi connectivity index (χ0v) is 21.2. The fourth-order valence-corrected chi connectivity index (χ4v) is 8.35. The Morgan fingerprint density at radius 1 is 0.800 bits per heavy atom. The summed E-state index contributed by atoms with van der Waals surface area (Å²) in [6.45, 7) is 6.72. The third-order valence-electron chi connectivity index (χ3n) is 9.84. The molecule has 6 heteroatoms. The highest BCUT2D eigenvalue weighted by Crippen LogP contribution is 2.60. The van der Waals surface area contributed by atoms with Crippen LogP contribution in [0.15, 0.2) is 30.3 Å². The molecule has 4 aliphatic carbocycles. The van der Waals surface area contributed by atoms with Crippen LogP contribution in [0.25, 0.3) is 0 Å². The Kier molecular flexibility index (Phi) is 6.50. The second-order valence-electron chi connectivity index (χ2n) is 12.4. The minimum atomic E-state index is -0.0610. The van der Waals surface area contributed by atoms with Crippen LogP contribution in [0.1, 0.15) is 56.9 Å². The average molecular weight is 479 g/mol. The molecule has 35 heavy (non-hydrogen) atoms. The maximum Gasteiger partial charge on any atom is 0.317 e. The summed E-state index contributed by atoms with van der Waals surface area (Å²) in [6.07, 6.45) is 9.76. The maximum atomic E-state index is 13.6. The van der Waals surface area contributed by atoms with Gasteiger partial charge in [0, 0.05) is 39.3 Å². The summed E-state index contributed by atoms with van der Waals surface area (Å²) < 4.78 is 0.